The van der Waals surface area contributed by atoms with Gasteiger partial charge in [-0.1, -0.05) is 13.8 Å². The van der Waals surface area contributed by atoms with E-state index in [4.69, 9.17) is 15.0 Å². The molecule has 1 unspecified atom stereocenters. The molecule has 1 aliphatic rings. The summed E-state index contributed by atoms with van der Waals surface area (Å²) in [6, 6.07) is 0.245. The summed E-state index contributed by atoms with van der Waals surface area (Å²) in [5, 5.41) is 18.5. The highest BCUT2D eigenvalue weighted by atomic mass is 16.4. The van der Waals surface area contributed by atoms with Crippen LogP contribution < -0.4 is 5.32 Å². The molecule has 1 amide bonds. The number of likely N-dealkylation sites (tertiary alicyclic amines) is 1. The highest BCUT2D eigenvalue weighted by Gasteiger charge is 2.26. The zero-order chi connectivity index (χ0) is 17.4. The lowest BCUT2D eigenvalue weighted by Gasteiger charge is -2.25. The van der Waals surface area contributed by atoms with Crippen LogP contribution in [0.4, 0.5) is 4.79 Å². The summed E-state index contributed by atoms with van der Waals surface area (Å²) in [5.74, 6) is 0.969. The number of likely N-dealkylation sites (N-methyl/N-ethyl adjacent to an activating group) is 1. The van der Waals surface area contributed by atoms with E-state index in [2.05, 4.69) is 26.8 Å². The summed E-state index contributed by atoms with van der Waals surface area (Å²) in [6.45, 7) is 5.76. The van der Waals surface area contributed by atoms with E-state index in [0.717, 1.165) is 18.9 Å². The van der Waals surface area contributed by atoms with Gasteiger partial charge >= 0.3 is 6.09 Å². The number of imidazole rings is 1. The molecule has 2 rings (SSSR count). The number of nitrogens with zero attached hydrogens (tertiary/aromatic N) is 3. The molecule has 1 aliphatic heterocycles. The second kappa shape index (κ2) is 9.14. The van der Waals surface area contributed by atoms with Crippen LogP contribution in [-0.4, -0.2) is 56.9 Å². The smallest absolute Gasteiger partial charge is 0.405 e. The van der Waals surface area contributed by atoms with Crippen LogP contribution >= 0.6 is 0 Å². The predicted molar refractivity (Wildman–Crippen MR) is 85.3 cm³/mol. The third kappa shape index (κ3) is 5.55. The van der Waals surface area contributed by atoms with Crippen LogP contribution in [0, 0.1) is 5.92 Å². The first-order chi connectivity index (χ1) is 10.9. The number of hydrogen-bond acceptors (Lipinski definition) is 4. The lowest BCUT2D eigenvalue weighted by Crippen LogP contribution is -2.35. The molecule has 1 saturated heterocycles. The quantitative estimate of drug-likeness (QED) is 0.710. The summed E-state index contributed by atoms with van der Waals surface area (Å²) < 4.78 is 2.09. The van der Waals surface area contributed by atoms with Crippen LogP contribution in [0.1, 0.15) is 38.6 Å². The van der Waals surface area contributed by atoms with Crippen molar-refractivity contribution in [2.24, 2.45) is 5.92 Å². The van der Waals surface area contributed by atoms with Crippen molar-refractivity contribution in [2.75, 3.05) is 13.6 Å². The van der Waals surface area contributed by atoms with Gasteiger partial charge in [0, 0.05) is 25.0 Å². The Balaban J connectivity index is 0.000000816. The molecular formula is C15H26N4O4. The van der Waals surface area contributed by atoms with Gasteiger partial charge in [-0.05, 0) is 32.4 Å². The van der Waals surface area contributed by atoms with E-state index in [1.807, 2.05) is 20.0 Å². The van der Waals surface area contributed by atoms with Gasteiger partial charge in [0.05, 0.1) is 6.04 Å². The molecule has 0 bridgehead atoms. The monoisotopic (exact) mass is 326 g/mol. The summed E-state index contributed by atoms with van der Waals surface area (Å²) >= 11 is 0. The van der Waals surface area contributed by atoms with Gasteiger partial charge in [-0.3, -0.25) is 4.79 Å². The molecule has 0 aromatic carbocycles. The molecule has 0 aliphatic carbocycles. The third-order valence-electron chi connectivity index (χ3n) is 4.05. The Bertz CT molecular complexity index is 503. The second-order valence-corrected chi connectivity index (χ2v) is 5.99. The topological polar surface area (TPSA) is 108 Å². The Kier molecular flexibility index (Phi) is 7.53. The summed E-state index contributed by atoms with van der Waals surface area (Å²) in [6.07, 6.45) is 5.11. The summed E-state index contributed by atoms with van der Waals surface area (Å²) in [5.41, 5.74) is 0. The molecule has 2 atom stereocenters. The Labute approximate surface area is 136 Å². The van der Waals surface area contributed by atoms with E-state index in [1.165, 1.54) is 12.8 Å². The molecule has 0 radical (unpaired) electrons. The SMILES string of the molecule is CC(C)C(NC(=O)O)c1nccn1C[C@H]1CCCN1C.O=CO. The Morgan fingerprint density at radius 2 is 2.22 bits per heavy atom. The Morgan fingerprint density at radius 3 is 2.70 bits per heavy atom. The maximum Gasteiger partial charge on any atom is 0.405 e. The van der Waals surface area contributed by atoms with Gasteiger partial charge in [-0.25, -0.2) is 9.78 Å². The van der Waals surface area contributed by atoms with E-state index in [9.17, 15) is 4.79 Å². The first-order valence-electron chi connectivity index (χ1n) is 7.69. The lowest BCUT2D eigenvalue weighted by molar-refractivity contribution is -0.122. The predicted octanol–water partition coefficient (Wildman–Crippen LogP) is 1.64. The summed E-state index contributed by atoms with van der Waals surface area (Å²) in [7, 11) is 2.14. The number of hydrogen-bond donors (Lipinski definition) is 3. The molecule has 3 N–H and O–H groups in total. The molecule has 1 fully saturated rings. The van der Waals surface area contributed by atoms with Gasteiger partial charge in [-0.2, -0.15) is 0 Å². The van der Waals surface area contributed by atoms with Crippen molar-refractivity contribution >= 4 is 12.6 Å². The summed E-state index contributed by atoms with van der Waals surface area (Å²) in [4.78, 5) is 26.1. The van der Waals surface area contributed by atoms with Gasteiger partial charge in [-0.15, -0.1) is 0 Å². The van der Waals surface area contributed by atoms with Gasteiger partial charge in [0.25, 0.3) is 6.47 Å². The molecule has 130 valence electrons. The number of aromatic nitrogens is 2. The van der Waals surface area contributed by atoms with Crippen molar-refractivity contribution in [2.45, 2.75) is 45.3 Å². The fraction of sp³-hybridized carbons (Fsp3) is 0.667. The average Bonchev–Trinajstić information content (AvgIpc) is 3.07. The lowest BCUT2D eigenvalue weighted by atomic mass is 10.0. The van der Waals surface area contributed by atoms with Crippen molar-refractivity contribution in [1.82, 2.24) is 19.8 Å². The Morgan fingerprint density at radius 1 is 1.57 bits per heavy atom. The molecule has 8 nitrogen and oxygen atoms in total. The maximum absolute atomic E-state index is 11.0. The van der Waals surface area contributed by atoms with Crippen LogP contribution in [0.5, 0.6) is 0 Å². The van der Waals surface area contributed by atoms with E-state index < -0.39 is 6.09 Å². The van der Waals surface area contributed by atoms with Gasteiger partial charge in [0.2, 0.25) is 0 Å². The van der Waals surface area contributed by atoms with E-state index in [-0.39, 0.29) is 18.4 Å². The van der Waals surface area contributed by atoms with E-state index >= 15 is 0 Å². The minimum atomic E-state index is -1.00. The van der Waals surface area contributed by atoms with Crippen LogP contribution in [0.25, 0.3) is 0 Å². The second-order valence-electron chi connectivity index (χ2n) is 5.99. The maximum atomic E-state index is 11.0. The van der Waals surface area contributed by atoms with Crippen LogP contribution in [0.2, 0.25) is 0 Å². The molecule has 23 heavy (non-hydrogen) atoms. The normalized spacial score (nSPS) is 19.0. The van der Waals surface area contributed by atoms with E-state index in [0.29, 0.717) is 6.04 Å². The van der Waals surface area contributed by atoms with E-state index in [1.54, 1.807) is 6.20 Å². The molecular weight excluding hydrogens is 300 g/mol. The largest absolute Gasteiger partial charge is 0.483 e. The molecule has 8 heteroatoms. The molecule has 1 aromatic heterocycles. The average molecular weight is 326 g/mol. The number of carboxylic acid groups (broad SMARTS) is 2. The number of carbonyl (C=O) groups is 2. The van der Waals surface area contributed by atoms with Crippen molar-refractivity contribution in [3.63, 3.8) is 0 Å². The number of nitrogens with one attached hydrogen (secondary N) is 1. The zero-order valence-electron chi connectivity index (χ0n) is 13.8. The fourth-order valence-corrected chi connectivity index (χ4v) is 2.85. The van der Waals surface area contributed by atoms with Crippen molar-refractivity contribution in [3.8, 4) is 0 Å². The molecule has 0 saturated carbocycles. The minimum Gasteiger partial charge on any atom is -0.483 e. The molecule has 2 heterocycles. The molecule has 1 aromatic rings. The first-order valence-corrected chi connectivity index (χ1v) is 7.69. The third-order valence-corrected chi connectivity index (χ3v) is 4.05. The number of rotatable bonds is 5. The highest BCUT2D eigenvalue weighted by molar-refractivity contribution is 5.65. The van der Waals surface area contributed by atoms with Gasteiger partial charge in [0.15, 0.2) is 0 Å². The first kappa shape index (κ1) is 19.0. The van der Waals surface area contributed by atoms with Gasteiger partial charge in [0.1, 0.15) is 5.82 Å². The highest BCUT2D eigenvalue weighted by Crippen LogP contribution is 2.23. The van der Waals surface area contributed by atoms with Gasteiger partial charge < -0.3 is 25.0 Å². The van der Waals surface area contributed by atoms with Crippen molar-refractivity contribution in [1.29, 1.82) is 0 Å². The van der Waals surface area contributed by atoms with Crippen LogP contribution in [0.15, 0.2) is 12.4 Å². The Hall–Kier alpha value is -2.09. The minimum absolute atomic E-state index is 0.161. The molecule has 0 spiro atoms. The van der Waals surface area contributed by atoms with Crippen molar-refractivity contribution < 1.29 is 19.8 Å². The fourth-order valence-electron chi connectivity index (χ4n) is 2.85. The number of amides is 1. The zero-order valence-corrected chi connectivity index (χ0v) is 13.8. The van der Waals surface area contributed by atoms with Crippen LogP contribution in [-0.2, 0) is 11.3 Å². The van der Waals surface area contributed by atoms with Crippen LogP contribution in [0.3, 0.4) is 0 Å². The van der Waals surface area contributed by atoms with Crippen molar-refractivity contribution in [3.05, 3.63) is 18.2 Å². The standard InChI is InChI=1S/C14H24N4O2.CH2O2/c1-10(2)12(16-14(19)20)13-15-6-8-18(13)9-11-5-4-7-17(11)3;2-1-3/h6,8,10-12,16H,4-5,7,9H2,1-3H3,(H,19,20);1H,(H,2,3)/t11-,12?;/m1./s1.